The smallest absolute Gasteiger partial charge is 0.0925 e. The monoisotopic (exact) mass is 303 g/mol. The molecular weight excluding hydrogens is 274 g/mol. The molecule has 0 bridgehead atoms. The summed E-state index contributed by atoms with van der Waals surface area (Å²) in [6.07, 6.45) is 15.4. The Bertz CT molecular complexity index is 450. The predicted octanol–water partition coefficient (Wildman–Crippen LogP) is 5.02. The minimum atomic E-state index is 0.0446. The quantitative estimate of drug-likeness (QED) is 0.489. The fraction of sp³-hybridized carbons (Fsp3) is 0.789. The van der Waals surface area contributed by atoms with E-state index in [1.165, 1.54) is 25.7 Å². The molecule has 0 saturated heterocycles. The fourth-order valence-electron chi connectivity index (χ4n) is 4.38. The zero-order valence-electron chi connectivity index (χ0n) is 13.8. The van der Waals surface area contributed by atoms with Crippen LogP contribution in [0, 0.1) is 22.7 Å². The molecule has 3 atom stereocenters. The summed E-state index contributed by atoms with van der Waals surface area (Å²) in [5, 5.41) is 3.36. The van der Waals surface area contributed by atoms with Gasteiger partial charge in [0.05, 0.1) is 6.04 Å². The molecule has 3 rings (SSSR count). The Morgan fingerprint density at radius 1 is 1.32 bits per heavy atom. The van der Waals surface area contributed by atoms with Gasteiger partial charge in [0.15, 0.2) is 0 Å². The molecule has 2 fully saturated rings. The molecule has 3 nitrogen and oxygen atoms in total. The lowest BCUT2D eigenvalue weighted by atomic mass is 9.77. The van der Waals surface area contributed by atoms with Crippen molar-refractivity contribution in [1.82, 2.24) is 0 Å². The third kappa shape index (κ3) is 3.87. The molecule has 3 heteroatoms. The highest BCUT2D eigenvalue weighted by Crippen LogP contribution is 2.47. The van der Waals surface area contributed by atoms with Crippen LogP contribution in [0.2, 0.25) is 0 Å². The van der Waals surface area contributed by atoms with Gasteiger partial charge in [0.25, 0.3) is 0 Å². The summed E-state index contributed by atoms with van der Waals surface area (Å²) in [5.74, 6) is 2.23. The van der Waals surface area contributed by atoms with E-state index in [0.717, 1.165) is 50.5 Å². The molecule has 0 aliphatic heterocycles. The number of hydrogen-bond acceptors (Lipinski definition) is 3. The minimum Gasteiger partial charge on any atom is -0.385 e. The predicted molar refractivity (Wildman–Crippen MR) is 89.6 cm³/mol. The third-order valence-corrected chi connectivity index (χ3v) is 5.76. The molecule has 3 unspecified atom stereocenters. The highest BCUT2D eigenvalue weighted by Gasteiger charge is 2.35. The summed E-state index contributed by atoms with van der Waals surface area (Å²) >= 11 is 0. The third-order valence-electron chi connectivity index (χ3n) is 5.76. The van der Waals surface area contributed by atoms with E-state index in [2.05, 4.69) is 17.3 Å². The van der Waals surface area contributed by atoms with Crippen molar-refractivity contribution >= 4 is 0 Å². The van der Waals surface area contributed by atoms with Gasteiger partial charge in [0, 0.05) is 13.7 Å². The Labute approximate surface area is 134 Å². The first kappa shape index (κ1) is 15.9. The highest BCUT2D eigenvalue weighted by atomic mass is 16.5. The summed E-state index contributed by atoms with van der Waals surface area (Å²) in [6.45, 7) is 0.873. The molecule has 0 amide bonds. The standard InChI is InChI=1S/C19H29NO2/c1-22-11-3-6-19(15-8-9-15)16-10-7-14-4-2-5-18(20-21)13-17(14)12-16/h7,10,15,17-19H,2-6,8-9,11-13H2,1H3. The number of rotatable bonds is 7. The second-order valence-corrected chi connectivity index (χ2v) is 7.35. The minimum absolute atomic E-state index is 0.0446. The van der Waals surface area contributed by atoms with Crippen molar-refractivity contribution in [3.05, 3.63) is 28.2 Å². The van der Waals surface area contributed by atoms with Crippen LogP contribution >= 0.6 is 0 Å². The van der Waals surface area contributed by atoms with Gasteiger partial charge in [0.2, 0.25) is 0 Å². The van der Waals surface area contributed by atoms with E-state index < -0.39 is 0 Å². The summed E-state index contributed by atoms with van der Waals surface area (Å²) in [6, 6.07) is 0.0446. The highest BCUT2D eigenvalue weighted by molar-refractivity contribution is 5.29. The van der Waals surface area contributed by atoms with Gasteiger partial charge in [-0.3, -0.25) is 0 Å². The largest absolute Gasteiger partial charge is 0.385 e. The van der Waals surface area contributed by atoms with Gasteiger partial charge in [0.1, 0.15) is 0 Å². The van der Waals surface area contributed by atoms with Gasteiger partial charge in [-0.1, -0.05) is 28.5 Å². The molecule has 0 spiro atoms. The molecule has 0 N–H and O–H groups in total. The van der Waals surface area contributed by atoms with Crippen LogP contribution in [0.1, 0.15) is 57.8 Å². The van der Waals surface area contributed by atoms with Crippen molar-refractivity contribution in [2.45, 2.75) is 63.8 Å². The number of nitrogens with zero attached hydrogens (tertiary/aromatic N) is 1. The van der Waals surface area contributed by atoms with Gasteiger partial charge >= 0.3 is 0 Å². The Morgan fingerprint density at radius 2 is 2.18 bits per heavy atom. The van der Waals surface area contributed by atoms with Gasteiger partial charge in [-0.25, -0.2) is 0 Å². The maximum atomic E-state index is 11.0. The Kier molecular flexibility index (Phi) is 5.46. The summed E-state index contributed by atoms with van der Waals surface area (Å²) < 4.78 is 5.23. The normalized spacial score (nSPS) is 29.9. The van der Waals surface area contributed by atoms with E-state index in [9.17, 15) is 4.91 Å². The molecular formula is C19H29NO2. The number of ether oxygens (including phenoxy) is 1. The number of fused-ring (bicyclic) bond motifs is 1. The van der Waals surface area contributed by atoms with Crippen molar-refractivity contribution in [1.29, 1.82) is 0 Å². The first-order valence-electron chi connectivity index (χ1n) is 9.02. The lowest BCUT2D eigenvalue weighted by Crippen LogP contribution is -2.18. The molecule has 0 heterocycles. The molecule has 22 heavy (non-hydrogen) atoms. The van der Waals surface area contributed by atoms with Gasteiger partial charge in [-0.15, -0.1) is 0 Å². The van der Waals surface area contributed by atoms with Crippen LogP contribution < -0.4 is 0 Å². The van der Waals surface area contributed by atoms with Crippen molar-refractivity contribution in [3.8, 4) is 0 Å². The first-order chi connectivity index (χ1) is 10.8. The van der Waals surface area contributed by atoms with Crippen LogP contribution in [0.3, 0.4) is 0 Å². The van der Waals surface area contributed by atoms with E-state index in [0.29, 0.717) is 5.92 Å². The lowest BCUT2D eigenvalue weighted by Gasteiger charge is -2.29. The van der Waals surface area contributed by atoms with Gasteiger partial charge in [-0.05, 0) is 75.5 Å². The SMILES string of the molecule is COCCCC(C1=CC=C2CCCC(N=O)CC2C1)C1CC1. The topological polar surface area (TPSA) is 38.7 Å². The average molecular weight is 303 g/mol. The lowest BCUT2D eigenvalue weighted by molar-refractivity contribution is 0.186. The second kappa shape index (κ2) is 7.54. The zero-order valence-corrected chi connectivity index (χ0v) is 13.8. The second-order valence-electron chi connectivity index (χ2n) is 7.35. The first-order valence-corrected chi connectivity index (χ1v) is 9.02. The number of hydrogen-bond donors (Lipinski definition) is 0. The van der Waals surface area contributed by atoms with Crippen LogP contribution in [-0.2, 0) is 4.74 Å². The molecule has 0 aromatic rings. The van der Waals surface area contributed by atoms with Gasteiger partial charge in [-0.2, -0.15) is 4.91 Å². The summed E-state index contributed by atoms with van der Waals surface area (Å²) in [7, 11) is 1.79. The van der Waals surface area contributed by atoms with Crippen LogP contribution in [-0.4, -0.2) is 19.8 Å². The molecule has 0 aromatic heterocycles. The molecule has 0 radical (unpaired) electrons. The Balaban J connectivity index is 1.67. The average Bonchev–Trinajstić information content (AvgIpc) is 3.37. The van der Waals surface area contributed by atoms with Crippen molar-refractivity contribution in [2.75, 3.05) is 13.7 Å². The van der Waals surface area contributed by atoms with E-state index in [-0.39, 0.29) is 6.04 Å². The van der Waals surface area contributed by atoms with E-state index in [4.69, 9.17) is 4.74 Å². The maximum absolute atomic E-state index is 11.0. The van der Waals surface area contributed by atoms with Crippen LogP contribution in [0.5, 0.6) is 0 Å². The molecule has 2 saturated carbocycles. The number of allylic oxidation sites excluding steroid dienone is 4. The van der Waals surface area contributed by atoms with Gasteiger partial charge < -0.3 is 4.74 Å². The summed E-state index contributed by atoms with van der Waals surface area (Å²) in [5.41, 5.74) is 3.21. The molecule has 3 aliphatic carbocycles. The zero-order chi connectivity index (χ0) is 15.4. The summed E-state index contributed by atoms with van der Waals surface area (Å²) in [4.78, 5) is 11.0. The maximum Gasteiger partial charge on any atom is 0.0925 e. The number of methoxy groups -OCH3 is 1. The molecule has 0 aromatic carbocycles. The Morgan fingerprint density at radius 3 is 2.91 bits per heavy atom. The van der Waals surface area contributed by atoms with Crippen LogP contribution in [0.4, 0.5) is 0 Å². The molecule has 3 aliphatic rings. The van der Waals surface area contributed by atoms with Crippen LogP contribution in [0.25, 0.3) is 0 Å². The van der Waals surface area contributed by atoms with E-state index in [1.54, 1.807) is 18.3 Å². The fourth-order valence-corrected chi connectivity index (χ4v) is 4.38. The van der Waals surface area contributed by atoms with Crippen molar-refractivity contribution in [3.63, 3.8) is 0 Å². The molecule has 122 valence electrons. The van der Waals surface area contributed by atoms with E-state index in [1.807, 2.05) is 0 Å². The number of nitroso groups, excluding NO2 is 1. The van der Waals surface area contributed by atoms with Crippen molar-refractivity contribution in [2.24, 2.45) is 22.9 Å². The van der Waals surface area contributed by atoms with E-state index >= 15 is 0 Å². The Hall–Kier alpha value is -0.960. The van der Waals surface area contributed by atoms with Crippen LogP contribution in [0.15, 0.2) is 28.5 Å². The van der Waals surface area contributed by atoms with Crippen molar-refractivity contribution < 1.29 is 4.74 Å².